The minimum Gasteiger partial charge on any atom is -0.484 e. The number of carbonyl (C=O) groups is 2. The van der Waals surface area contributed by atoms with E-state index in [0.717, 1.165) is 32.0 Å². The summed E-state index contributed by atoms with van der Waals surface area (Å²) < 4.78 is 5.48. The first-order chi connectivity index (χ1) is 13.5. The lowest BCUT2D eigenvalue weighted by Gasteiger charge is -2.33. The third-order valence-corrected chi connectivity index (χ3v) is 4.73. The average molecular weight is 382 g/mol. The van der Waals surface area contributed by atoms with Crippen molar-refractivity contribution in [1.29, 1.82) is 0 Å². The van der Waals surface area contributed by atoms with Crippen LogP contribution in [0, 0.1) is 0 Å². The number of Topliss-reactive ketones (excluding diaryl/α,β-unsaturated/α-hetero) is 1. The summed E-state index contributed by atoms with van der Waals surface area (Å²) in [4.78, 5) is 32.7. The molecule has 28 heavy (non-hydrogen) atoms. The van der Waals surface area contributed by atoms with Gasteiger partial charge in [-0.2, -0.15) is 0 Å². The van der Waals surface area contributed by atoms with Crippen LogP contribution in [0.25, 0.3) is 0 Å². The molecule has 1 fully saturated rings. The number of ketones is 1. The SMILES string of the molecule is CCC(=O)c1ccc(OCC(=O)Nc2ccc(N3CCN(C)CC3)nc2)cc1. The molecule has 1 N–H and O–H groups in total. The quantitative estimate of drug-likeness (QED) is 0.742. The number of aromatic nitrogens is 1. The van der Waals surface area contributed by atoms with E-state index in [-0.39, 0.29) is 18.3 Å². The number of nitrogens with one attached hydrogen (secondary N) is 1. The van der Waals surface area contributed by atoms with E-state index in [1.54, 1.807) is 30.5 Å². The Hall–Kier alpha value is -2.93. The number of anilines is 2. The van der Waals surface area contributed by atoms with Gasteiger partial charge >= 0.3 is 0 Å². The van der Waals surface area contributed by atoms with Gasteiger partial charge in [-0.3, -0.25) is 9.59 Å². The third kappa shape index (κ3) is 5.29. The summed E-state index contributed by atoms with van der Waals surface area (Å²) in [5.74, 6) is 1.29. The molecule has 1 aromatic carbocycles. The number of likely N-dealkylation sites (N-methyl/N-ethyl adjacent to an activating group) is 1. The topological polar surface area (TPSA) is 74.8 Å². The second-order valence-corrected chi connectivity index (χ2v) is 6.83. The minimum absolute atomic E-state index is 0.0804. The van der Waals surface area contributed by atoms with Crippen molar-refractivity contribution in [2.45, 2.75) is 13.3 Å². The van der Waals surface area contributed by atoms with Gasteiger partial charge in [-0.1, -0.05) is 6.92 Å². The van der Waals surface area contributed by atoms with E-state index in [1.165, 1.54) is 0 Å². The lowest BCUT2D eigenvalue weighted by atomic mass is 10.1. The van der Waals surface area contributed by atoms with E-state index >= 15 is 0 Å². The van der Waals surface area contributed by atoms with Crippen molar-refractivity contribution in [2.24, 2.45) is 0 Å². The van der Waals surface area contributed by atoms with Gasteiger partial charge in [0.25, 0.3) is 5.91 Å². The van der Waals surface area contributed by atoms with Gasteiger partial charge in [0.2, 0.25) is 0 Å². The molecule has 3 rings (SSSR count). The number of carbonyl (C=O) groups excluding carboxylic acids is 2. The second kappa shape index (κ2) is 9.32. The van der Waals surface area contributed by atoms with E-state index in [0.29, 0.717) is 23.4 Å². The number of hydrogen-bond donors (Lipinski definition) is 1. The fraction of sp³-hybridized carbons (Fsp3) is 0.381. The molecule has 1 aliphatic rings. The van der Waals surface area contributed by atoms with Gasteiger partial charge in [-0.15, -0.1) is 0 Å². The van der Waals surface area contributed by atoms with Gasteiger partial charge in [-0.25, -0.2) is 4.98 Å². The number of pyridine rings is 1. The molecule has 7 nitrogen and oxygen atoms in total. The van der Waals surface area contributed by atoms with Crippen LogP contribution in [0.1, 0.15) is 23.7 Å². The van der Waals surface area contributed by atoms with Crippen molar-refractivity contribution in [3.63, 3.8) is 0 Å². The van der Waals surface area contributed by atoms with Crippen LogP contribution in [-0.2, 0) is 4.79 Å². The smallest absolute Gasteiger partial charge is 0.262 e. The molecule has 1 aliphatic heterocycles. The molecule has 7 heteroatoms. The van der Waals surface area contributed by atoms with Crippen LogP contribution in [0.4, 0.5) is 11.5 Å². The van der Waals surface area contributed by atoms with Crippen LogP contribution < -0.4 is 15.0 Å². The lowest BCUT2D eigenvalue weighted by Crippen LogP contribution is -2.44. The summed E-state index contributed by atoms with van der Waals surface area (Å²) in [6, 6.07) is 10.6. The number of ether oxygens (including phenoxy) is 1. The van der Waals surface area contributed by atoms with Crippen LogP contribution in [0.15, 0.2) is 42.6 Å². The van der Waals surface area contributed by atoms with Gasteiger partial charge in [0.15, 0.2) is 12.4 Å². The number of nitrogens with zero attached hydrogens (tertiary/aromatic N) is 3. The molecule has 0 aliphatic carbocycles. The van der Waals surface area contributed by atoms with E-state index < -0.39 is 0 Å². The molecule has 1 aromatic heterocycles. The molecule has 0 radical (unpaired) electrons. The Morgan fingerprint density at radius 3 is 2.39 bits per heavy atom. The van der Waals surface area contributed by atoms with Crippen molar-refractivity contribution in [3.05, 3.63) is 48.2 Å². The predicted molar refractivity (Wildman–Crippen MR) is 109 cm³/mol. The van der Waals surface area contributed by atoms with Crippen molar-refractivity contribution in [1.82, 2.24) is 9.88 Å². The first-order valence-electron chi connectivity index (χ1n) is 9.50. The fourth-order valence-corrected chi connectivity index (χ4v) is 2.97. The normalized spacial score (nSPS) is 14.6. The number of benzene rings is 1. The summed E-state index contributed by atoms with van der Waals surface area (Å²) in [5, 5.41) is 2.78. The van der Waals surface area contributed by atoms with E-state index in [2.05, 4.69) is 27.1 Å². The van der Waals surface area contributed by atoms with Crippen LogP contribution >= 0.6 is 0 Å². The number of rotatable bonds is 7. The maximum atomic E-state index is 12.1. The molecular weight excluding hydrogens is 356 g/mol. The highest BCUT2D eigenvalue weighted by Gasteiger charge is 2.15. The van der Waals surface area contributed by atoms with Crippen molar-refractivity contribution in [3.8, 4) is 5.75 Å². The summed E-state index contributed by atoms with van der Waals surface area (Å²) >= 11 is 0. The molecule has 0 saturated carbocycles. The molecular formula is C21H26N4O3. The van der Waals surface area contributed by atoms with E-state index in [1.807, 2.05) is 19.1 Å². The average Bonchev–Trinajstić information content (AvgIpc) is 2.73. The zero-order valence-corrected chi connectivity index (χ0v) is 16.4. The Morgan fingerprint density at radius 1 is 1.07 bits per heavy atom. The highest BCUT2D eigenvalue weighted by molar-refractivity contribution is 5.96. The largest absolute Gasteiger partial charge is 0.484 e. The van der Waals surface area contributed by atoms with Crippen LogP contribution in [0.3, 0.4) is 0 Å². The zero-order valence-electron chi connectivity index (χ0n) is 16.4. The number of hydrogen-bond acceptors (Lipinski definition) is 6. The van der Waals surface area contributed by atoms with E-state index in [4.69, 9.17) is 4.74 Å². The van der Waals surface area contributed by atoms with Crippen molar-refractivity contribution in [2.75, 3.05) is 50.1 Å². The molecule has 1 amide bonds. The Balaban J connectivity index is 1.47. The molecule has 1 saturated heterocycles. The first kappa shape index (κ1) is 19.8. The third-order valence-electron chi connectivity index (χ3n) is 4.73. The van der Waals surface area contributed by atoms with Crippen LogP contribution in [0.5, 0.6) is 5.75 Å². The van der Waals surface area contributed by atoms with Crippen molar-refractivity contribution >= 4 is 23.2 Å². The predicted octanol–water partition coefficient (Wildman–Crippen LogP) is 2.44. The van der Waals surface area contributed by atoms with Gasteiger partial charge < -0.3 is 19.9 Å². The summed E-state index contributed by atoms with van der Waals surface area (Å²) in [7, 11) is 2.12. The molecule has 0 atom stereocenters. The maximum Gasteiger partial charge on any atom is 0.262 e. The second-order valence-electron chi connectivity index (χ2n) is 6.83. The van der Waals surface area contributed by atoms with Crippen LogP contribution in [0.2, 0.25) is 0 Å². The van der Waals surface area contributed by atoms with Gasteiger partial charge in [-0.05, 0) is 43.4 Å². The molecule has 2 heterocycles. The first-order valence-corrected chi connectivity index (χ1v) is 9.50. The maximum absolute atomic E-state index is 12.1. The minimum atomic E-state index is -0.261. The Morgan fingerprint density at radius 2 is 1.79 bits per heavy atom. The Kier molecular flexibility index (Phi) is 6.60. The Labute approximate surface area is 165 Å². The summed E-state index contributed by atoms with van der Waals surface area (Å²) in [6.07, 6.45) is 2.13. The number of piperazine rings is 1. The molecule has 0 spiro atoms. The summed E-state index contributed by atoms with van der Waals surface area (Å²) in [6.45, 7) is 5.65. The zero-order chi connectivity index (χ0) is 19.9. The van der Waals surface area contributed by atoms with Gasteiger partial charge in [0, 0.05) is 38.2 Å². The standard InChI is InChI=1S/C21H26N4O3/c1-3-19(26)16-4-7-18(8-5-16)28-15-21(27)23-17-6-9-20(22-14-17)25-12-10-24(2)11-13-25/h4-9,14H,3,10-13,15H2,1-2H3,(H,23,27). The summed E-state index contributed by atoms with van der Waals surface area (Å²) in [5.41, 5.74) is 1.28. The van der Waals surface area contributed by atoms with Crippen molar-refractivity contribution < 1.29 is 14.3 Å². The molecule has 0 unspecified atom stereocenters. The van der Waals surface area contributed by atoms with E-state index in [9.17, 15) is 9.59 Å². The van der Waals surface area contributed by atoms with Gasteiger partial charge in [0.1, 0.15) is 11.6 Å². The molecule has 148 valence electrons. The highest BCUT2D eigenvalue weighted by Crippen LogP contribution is 2.16. The fourth-order valence-electron chi connectivity index (χ4n) is 2.97. The molecule has 2 aromatic rings. The van der Waals surface area contributed by atoms with Crippen LogP contribution in [-0.4, -0.2) is 61.4 Å². The highest BCUT2D eigenvalue weighted by atomic mass is 16.5. The number of amides is 1. The monoisotopic (exact) mass is 382 g/mol. The Bertz CT molecular complexity index is 797. The molecule has 0 bridgehead atoms. The van der Waals surface area contributed by atoms with Gasteiger partial charge in [0.05, 0.1) is 11.9 Å². The lowest BCUT2D eigenvalue weighted by molar-refractivity contribution is -0.118.